The van der Waals surface area contributed by atoms with E-state index in [1.165, 1.54) is 12.1 Å². The standard InChI is InChI=1S/C16H9F3N2O2/c17-16(18,19)15(11-10-12-6-2-1-3-7-12)20-13-8-4-5-9-14(13)21(22)23/h1-9H. The normalized spacial score (nSPS) is 11.5. The maximum atomic E-state index is 13.0. The summed E-state index contributed by atoms with van der Waals surface area (Å²) in [4.78, 5) is 13.4. The molecule has 23 heavy (non-hydrogen) atoms. The fourth-order valence-electron chi connectivity index (χ4n) is 1.65. The minimum Gasteiger partial charge on any atom is -0.258 e. The van der Waals surface area contributed by atoms with Gasteiger partial charge < -0.3 is 0 Å². The Hall–Kier alpha value is -3.14. The molecule has 2 aromatic rings. The summed E-state index contributed by atoms with van der Waals surface area (Å²) in [5.41, 5.74) is -1.93. The number of aliphatic imine (C=N–C) groups is 1. The molecule has 0 amide bonds. The van der Waals surface area contributed by atoms with Crippen molar-refractivity contribution in [3.8, 4) is 11.8 Å². The molecule has 0 heterocycles. The van der Waals surface area contributed by atoms with Crippen LogP contribution in [0.25, 0.3) is 0 Å². The molecule has 0 N–H and O–H groups in total. The molecule has 0 aliphatic rings. The van der Waals surface area contributed by atoms with Crippen molar-refractivity contribution in [3.63, 3.8) is 0 Å². The third-order valence-electron chi connectivity index (χ3n) is 2.68. The maximum absolute atomic E-state index is 13.0. The molecule has 4 nitrogen and oxygen atoms in total. The van der Waals surface area contributed by atoms with Gasteiger partial charge >= 0.3 is 6.18 Å². The van der Waals surface area contributed by atoms with Gasteiger partial charge in [-0.05, 0) is 24.1 Å². The van der Waals surface area contributed by atoms with Crippen LogP contribution in [0.15, 0.2) is 59.6 Å². The number of nitro groups is 1. The molecule has 116 valence electrons. The Balaban J connectivity index is 2.49. The van der Waals surface area contributed by atoms with Gasteiger partial charge in [0.2, 0.25) is 0 Å². The third kappa shape index (κ3) is 4.41. The Labute approximate surface area is 129 Å². The zero-order chi connectivity index (χ0) is 16.9. The van der Waals surface area contributed by atoms with Crippen molar-refractivity contribution in [3.05, 3.63) is 70.3 Å². The summed E-state index contributed by atoms with van der Waals surface area (Å²) < 4.78 is 39.1. The van der Waals surface area contributed by atoms with Crippen LogP contribution in [0.1, 0.15) is 5.56 Å². The minimum absolute atomic E-state index is 0.381. The average Bonchev–Trinajstić information content (AvgIpc) is 2.51. The first-order chi connectivity index (χ1) is 10.9. The molecule has 0 aliphatic carbocycles. The van der Waals surface area contributed by atoms with Gasteiger partial charge in [0.05, 0.1) is 4.92 Å². The fourth-order valence-corrected chi connectivity index (χ4v) is 1.65. The van der Waals surface area contributed by atoms with Crippen LogP contribution in [-0.4, -0.2) is 16.8 Å². The number of hydrogen-bond donors (Lipinski definition) is 0. The molecule has 0 saturated heterocycles. The molecule has 0 aromatic heterocycles. The van der Waals surface area contributed by atoms with E-state index >= 15 is 0 Å². The highest BCUT2D eigenvalue weighted by molar-refractivity contribution is 6.06. The zero-order valence-corrected chi connectivity index (χ0v) is 11.5. The maximum Gasteiger partial charge on any atom is 0.441 e. The lowest BCUT2D eigenvalue weighted by molar-refractivity contribution is -0.384. The van der Waals surface area contributed by atoms with Crippen molar-refractivity contribution in [2.24, 2.45) is 4.99 Å². The molecule has 0 saturated carbocycles. The predicted octanol–water partition coefficient (Wildman–Crippen LogP) is 4.28. The van der Waals surface area contributed by atoms with Crippen molar-refractivity contribution < 1.29 is 18.1 Å². The van der Waals surface area contributed by atoms with Gasteiger partial charge in [0.1, 0.15) is 5.69 Å². The largest absolute Gasteiger partial charge is 0.441 e. The van der Waals surface area contributed by atoms with Crippen LogP contribution in [0.2, 0.25) is 0 Å². The van der Waals surface area contributed by atoms with E-state index in [4.69, 9.17) is 0 Å². The summed E-state index contributed by atoms with van der Waals surface area (Å²) in [5.74, 6) is 4.29. The lowest BCUT2D eigenvalue weighted by Crippen LogP contribution is -2.21. The van der Waals surface area contributed by atoms with E-state index in [0.717, 1.165) is 12.1 Å². The summed E-state index contributed by atoms with van der Waals surface area (Å²) in [6.45, 7) is 0. The molecule has 2 aromatic carbocycles. The first-order valence-corrected chi connectivity index (χ1v) is 6.34. The Morgan fingerprint density at radius 1 is 1.04 bits per heavy atom. The van der Waals surface area contributed by atoms with Gasteiger partial charge in [-0.2, -0.15) is 13.2 Å². The monoisotopic (exact) mass is 318 g/mol. The quantitative estimate of drug-likeness (QED) is 0.359. The van der Waals surface area contributed by atoms with E-state index in [9.17, 15) is 23.3 Å². The molecule has 0 unspecified atom stereocenters. The van der Waals surface area contributed by atoms with Crippen molar-refractivity contribution in [1.29, 1.82) is 0 Å². The Bertz CT molecular complexity index is 803. The van der Waals surface area contributed by atoms with E-state index in [-0.39, 0.29) is 0 Å². The number of benzene rings is 2. The van der Waals surface area contributed by atoms with Crippen LogP contribution in [0.4, 0.5) is 24.5 Å². The first-order valence-electron chi connectivity index (χ1n) is 6.34. The van der Waals surface area contributed by atoms with Crippen LogP contribution >= 0.6 is 0 Å². The van der Waals surface area contributed by atoms with Gasteiger partial charge in [-0.25, -0.2) is 4.99 Å². The summed E-state index contributed by atoms with van der Waals surface area (Å²) in [5, 5.41) is 10.9. The van der Waals surface area contributed by atoms with Crippen LogP contribution < -0.4 is 0 Å². The van der Waals surface area contributed by atoms with Crippen LogP contribution in [0.3, 0.4) is 0 Å². The summed E-state index contributed by atoms with van der Waals surface area (Å²) in [7, 11) is 0. The fraction of sp³-hybridized carbons (Fsp3) is 0.0625. The Kier molecular flexibility index (Phi) is 4.76. The number of nitro benzene ring substituents is 1. The molecule has 0 spiro atoms. The molecular weight excluding hydrogens is 309 g/mol. The third-order valence-corrected chi connectivity index (χ3v) is 2.68. The number of nitrogens with zero attached hydrogens (tertiary/aromatic N) is 2. The highest BCUT2D eigenvalue weighted by Crippen LogP contribution is 2.29. The van der Waals surface area contributed by atoms with Crippen molar-refractivity contribution in [2.75, 3.05) is 0 Å². The Morgan fingerprint density at radius 3 is 2.26 bits per heavy atom. The molecule has 0 atom stereocenters. The van der Waals surface area contributed by atoms with Gasteiger partial charge in [-0.1, -0.05) is 36.3 Å². The highest BCUT2D eigenvalue weighted by Gasteiger charge is 2.35. The topological polar surface area (TPSA) is 55.5 Å². The smallest absolute Gasteiger partial charge is 0.258 e. The first kappa shape index (κ1) is 16.2. The highest BCUT2D eigenvalue weighted by atomic mass is 19.4. The van der Waals surface area contributed by atoms with Crippen LogP contribution in [0.5, 0.6) is 0 Å². The number of halogens is 3. The van der Waals surface area contributed by atoms with E-state index in [1.54, 1.807) is 30.3 Å². The molecule has 7 heteroatoms. The number of alkyl halides is 3. The molecule has 0 bridgehead atoms. The lowest BCUT2D eigenvalue weighted by atomic mass is 10.2. The predicted molar refractivity (Wildman–Crippen MR) is 79.6 cm³/mol. The summed E-state index contributed by atoms with van der Waals surface area (Å²) >= 11 is 0. The second-order valence-electron chi connectivity index (χ2n) is 4.32. The SMILES string of the molecule is O=[N+]([O-])c1ccccc1N=C(C#Cc1ccccc1)C(F)(F)F. The van der Waals surface area contributed by atoms with Crippen LogP contribution in [-0.2, 0) is 0 Å². The van der Waals surface area contributed by atoms with Gasteiger partial charge in [0.25, 0.3) is 5.69 Å². The molecule has 2 rings (SSSR count). The zero-order valence-electron chi connectivity index (χ0n) is 11.5. The number of rotatable bonds is 2. The summed E-state index contributed by atoms with van der Waals surface area (Å²) in [6, 6.07) is 13.0. The molecule has 0 radical (unpaired) electrons. The van der Waals surface area contributed by atoms with E-state index < -0.39 is 28.2 Å². The van der Waals surface area contributed by atoms with Crippen molar-refractivity contribution in [1.82, 2.24) is 0 Å². The number of hydrogen-bond acceptors (Lipinski definition) is 3. The molecule has 0 fully saturated rings. The van der Waals surface area contributed by atoms with Gasteiger partial charge in [-0.15, -0.1) is 0 Å². The second kappa shape index (κ2) is 6.75. The van der Waals surface area contributed by atoms with E-state index in [2.05, 4.69) is 10.9 Å². The Morgan fingerprint density at radius 2 is 1.65 bits per heavy atom. The lowest BCUT2D eigenvalue weighted by Gasteiger charge is -2.04. The molecular formula is C16H9F3N2O2. The van der Waals surface area contributed by atoms with Crippen LogP contribution in [0, 0.1) is 22.0 Å². The van der Waals surface area contributed by atoms with Crippen molar-refractivity contribution in [2.45, 2.75) is 6.18 Å². The van der Waals surface area contributed by atoms with Crippen molar-refractivity contribution >= 4 is 17.1 Å². The minimum atomic E-state index is -4.81. The van der Waals surface area contributed by atoms with E-state index in [0.29, 0.717) is 5.56 Å². The molecule has 0 aliphatic heterocycles. The average molecular weight is 318 g/mol. The van der Waals surface area contributed by atoms with Gasteiger partial charge in [0, 0.05) is 11.6 Å². The summed E-state index contributed by atoms with van der Waals surface area (Å²) in [6.07, 6.45) is -4.81. The number of para-hydroxylation sites is 2. The second-order valence-corrected chi connectivity index (χ2v) is 4.32. The van der Waals surface area contributed by atoms with Gasteiger partial charge in [0.15, 0.2) is 5.71 Å². The van der Waals surface area contributed by atoms with E-state index in [1.807, 2.05) is 5.92 Å². The van der Waals surface area contributed by atoms with Gasteiger partial charge in [-0.3, -0.25) is 10.1 Å².